The zero-order chi connectivity index (χ0) is 20.1. The highest BCUT2D eigenvalue weighted by Gasteiger charge is 2.30. The first-order chi connectivity index (χ1) is 13.4. The fraction of sp³-hybridized carbons (Fsp3) is 0.0588. The van der Waals surface area contributed by atoms with Crippen molar-refractivity contribution in [1.82, 2.24) is 20.8 Å². The number of benzene rings is 1. The van der Waals surface area contributed by atoms with Crippen LogP contribution in [0.3, 0.4) is 0 Å². The highest BCUT2D eigenvalue weighted by Crippen LogP contribution is 2.31. The predicted octanol–water partition coefficient (Wildman–Crippen LogP) is 2.89. The van der Waals surface area contributed by atoms with E-state index in [1.807, 2.05) is 5.43 Å². The van der Waals surface area contributed by atoms with Gasteiger partial charge in [-0.25, -0.2) is 9.97 Å². The average molecular weight is 391 g/mol. The van der Waals surface area contributed by atoms with Gasteiger partial charge in [0.15, 0.2) is 5.76 Å². The molecule has 2 amide bonds. The molecule has 0 unspecified atom stereocenters. The van der Waals surface area contributed by atoms with Gasteiger partial charge in [0.2, 0.25) is 6.41 Å². The molecular weight excluding hydrogens is 379 g/mol. The number of hydrogen-bond acceptors (Lipinski definition) is 6. The van der Waals surface area contributed by atoms with E-state index < -0.39 is 17.6 Å². The molecule has 3 N–H and O–H groups in total. The van der Waals surface area contributed by atoms with E-state index in [9.17, 15) is 22.8 Å². The summed E-state index contributed by atoms with van der Waals surface area (Å²) in [5.41, 5.74) is 4.32. The van der Waals surface area contributed by atoms with Crippen molar-refractivity contribution in [3.05, 3.63) is 60.0 Å². The molecular formula is C17H12F3N5O3. The normalized spacial score (nSPS) is 11.0. The van der Waals surface area contributed by atoms with Crippen molar-refractivity contribution in [1.29, 1.82) is 0 Å². The Bertz CT molecular complexity index is 969. The molecule has 0 aliphatic carbocycles. The van der Waals surface area contributed by atoms with Crippen LogP contribution in [0.5, 0.6) is 0 Å². The zero-order valence-corrected chi connectivity index (χ0v) is 13.9. The molecule has 0 saturated heterocycles. The maximum absolute atomic E-state index is 12.6. The van der Waals surface area contributed by atoms with Crippen LogP contribution in [0.2, 0.25) is 0 Å². The summed E-state index contributed by atoms with van der Waals surface area (Å²) in [6.45, 7) is 0. The Morgan fingerprint density at radius 1 is 1.04 bits per heavy atom. The molecule has 144 valence electrons. The molecule has 0 aliphatic heterocycles. The van der Waals surface area contributed by atoms with Crippen molar-refractivity contribution in [2.75, 3.05) is 5.32 Å². The zero-order valence-electron chi connectivity index (χ0n) is 13.9. The monoisotopic (exact) mass is 391 g/mol. The second kappa shape index (κ2) is 7.78. The SMILES string of the molecule is O=CNNC(=O)c1ccc(Nc2ncc(-c3ccc(C(F)(F)F)cc3)o2)cn1. The van der Waals surface area contributed by atoms with Gasteiger partial charge in [0.1, 0.15) is 5.69 Å². The Balaban J connectivity index is 1.67. The van der Waals surface area contributed by atoms with Crippen LogP contribution in [0.4, 0.5) is 24.9 Å². The van der Waals surface area contributed by atoms with Crippen molar-refractivity contribution in [2.24, 2.45) is 0 Å². The smallest absolute Gasteiger partial charge is 0.416 e. The molecule has 0 saturated carbocycles. The van der Waals surface area contributed by atoms with Crippen LogP contribution in [0, 0.1) is 0 Å². The third-order valence-corrected chi connectivity index (χ3v) is 3.49. The fourth-order valence-corrected chi connectivity index (χ4v) is 2.17. The number of carbonyl (C=O) groups is 2. The number of halogens is 3. The van der Waals surface area contributed by atoms with Gasteiger partial charge in [0, 0.05) is 5.56 Å². The maximum Gasteiger partial charge on any atom is 0.416 e. The molecule has 0 bridgehead atoms. The minimum atomic E-state index is -4.41. The number of aromatic nitrogens is 2. The van der Waals surface area contributed by atoms with Crippen LogP contribution in [0.25, 0.3) is 11.3 Å². The topological polar surface area (TPSA) is 109 Å². The molecule has 28 heavy (non-hydrogen) atoms. The molecule has 3 aromatic rings. The van der Waals surface area contributed by atoms with Crippen molar-refractivity contribution >= 4 is 24.0 Å². The number of amides is 2. The number of nitrogens with one attached hydrogen (secondary N) is 3. The Morgan fingerprint density at radius 2 is 1.79 bits per heavy atom. The standard InChI is InChI=1S/C17H12F3N5O3/c18-17(19,20)11-3-1-10(2-4-11)14-8-22-16(28-14)24-12-5-6-13(21-7-12)15(27)25-23-9-26/h1-9H,(H,22,24)(H,23,26)(H,25,27). The number of hydrazine groups is 1. The van der Waals surface area contributed by atoms with Gasteiger partial charge in [-0.3, -0.25) is 20.4 Å². The van der Waals surface area contributed by atoms with E-state index in [4.69, 9.17) is 4.42 Å². The summed E-state index contributed by atoms with van der Waals surface area (Å²) in [4.78, 5) is 29.7. The van der Waals surface area contributed by atoms with Crippen molar-refractivity contribution in [3.8, 4) is 11.3 Å². The van der Waals surface area contributed by atoms with Crippen LogP contribution in [0.15, 0.2) is 53.2 Å². The molecule has 11 heteroatoms. The molecule has 1 aromatic carbocycles. The number of anilines is 2. The number of oxazole rings is 1. The second-order valence-electron chi connectivity index (χ2n) is 5.38. The summed E-state index contributed by atoms with van der Waals surface area (Å²) in [6, 6.07) is 7.52. The lowest BCUT2D eigenvalue weighted by molar-refractivity contribution is -0.137. The van der Waals surface area contributed by atoms with Crippen LogP contribution >= 0.6 is 0 Å². The Hall–Kier alpha value is -3.89. The van der Waals surface area contributed by atoms with Gasteiger partial charge < -0.3 is 9.73 Å². The van der Waals surface area contributed by atoms with Gasteiger partial charge in [-0.2, -0.15) is 13.2 Å². The number of carbonyl (C=O) groups excluding carboxylic acids is 2. The van der Waals surface area contributed by atoms with Crippen LogP contribution < -0.4 is 16.2 Å². The molecule has 0 atom stereocenters. The van der Waals surface area contributed by atoms with Crippen LogP contribution in [-0.2, 0) is 11.0 Å². The molecule has 2 heterocycles. The molecule has 0 fully saturated rings. The van der Waals surface area contributed by atoms with Gasteiger partial charge in [-0.1, -0.05) is 12.1 Å². The van der Waals surface area contributed by atoms with Gasteiger partial charge in [0.25, 0.3) is 11.9 Å². The Morgan fingerprint density at radius 3 is 2.39 bits per heavy atom. The third-order valence-electron chi connectivity index (χ3n) is 3.49. The predicted molar refractivity (Wildman–Crippen MR) is 91.1 cm³/mol. The molecule has 2 aromatic heterocycles. The maximum atomic E-state index is 12.6. The lowest BCUT2D eigenvalue weighted by Crippen LogP contribution is -2.36. The lowest BCUT2D eigenvalue weighted by Gasteiger charge is -2.06. The minimum Gasteiger partial charge on any atom is -0.423 e. The highest BCUT2D eigenvalue weighted by atomic mass is 19.4. The molecule has 0 aliphatic rings. The van der Waals surface area contributed by atoms with E-state index in [0.717, 1.165) is 12.1 Å². The minimum absolute atomic E-state index is 0.0674. The van der Waals surface area contributed by atoms with E-state index in [2.05, 4.69) is 20.7 Å². The summed E-state index contributed by atoms with van der Waals surface area (Å²) >= 11 is 0. The lowest BCUT2D eigenvalue weighted by atomic mass is 10.1. The number of alkyl halides is 3. The Kier molecular flexibility index (Phi) is 5.25. The van der Waals surface area contributed by atoms with E-state index in [0.29, 0.717) is 17.7 Å². The summed E-state index contributed by atoms with van der Waals surface area (Å²) in [5.74, 6) is -0.320. The van der Waals surface area contributed by atoms with Crippen molar-refractivity contribution < 1.29 is 27.2 Å². The summed E-state index contributed by atoms with van der Waals surface area (Å²) in [5, 5.41) is 2.82. The van der Waals surface area contributed by atoms with Gasteiger partial charge in [0.05, 0.1) is 23.6 Å². The molecule has 0 radical (unpaired) electrons. The van der Waals surface area contributed by atoms with Crippen molar-refractivity contribution in [3.63, 3.8) is 0 Å². The van der Waals surface area contributed by atoms with Gasteiger partial charge >= 0.3 is 6.18 Å². The van der Waals surface area contributed by atoms with Gasteiger partial charge in [-0.05, 0) is 24.3 Å². The summed E-state index contributed by atoms with van der Waals surface area (Å²) in [7, 11) is 0. The average Bonchev–Trinajstić information content (AvgIpc) is 3.14. The van der Waals surface area contributed by atoms with Crippen molar-refractivity contribution in [2.45, 2.75) is 6.18 Å². The molecule has 8 nitrogen and oxygen atoms in total. The van der Waals surface area contributed by atoms with E-state index in [-0.39, 0.29) is 17.5 Å². The fourth-order valence-electron chi connectivity index (χ4n) is 2.17. The quantitative estimate of drug-likeness (QED) is 0.440. The first kappa shape index (κ1) is 18.9. The number of rotatable bonds is 6. The number of nitrogens with zero attached hydrogens (tertiary/aromatic N) is 2. The van der Waals surface area contributed by atoms with E-state index >= 15 is 0 Å². The van der Waals surface area contributed by atoms with Crippen LogP contribution in [0.1, 0.15) is 16.1 Å². The largest absolute Gasteiger partial charge is 0.423 e. The van der Waals surface area contributed by atoms with Gasteiger partial charge in [-0.15, -0.1) is 0 Å². The summed E-state index contributed by atoms with van der Waals surface area (Å²) in [6.07, 6.45) is -1.39. The molecule has 0 spiro atoms. The third kappa shape index (κ3) is 4.44. The summed E-state index contributed by atoms with van der Waals surface area (Å²) < 4.78 is 43.3. The van der Waals surface area contributed by atoms with E-state index in [1.54, 1.807) is 0 Å². The van der Waals surface area contributed by atoms with Crippen LogP contribution in [-0.4, -0.2) is 22.3 Å². The molecule has 3 rings (SSSR count). The highest BCUT2D eigenvalue weighted by molar-refractivity contribution is 5.92. The second-order valence-corrected chi connectivity index (χ2v) is 5.38. The first-order valence-corrected chi connectivity index (χ1v) is 7.73. The number of pyridine rings is 1. The first-order valence-electron chi connectivity index (χ1n) is 7.73. The Labute approximate surface area is 155 Å². The van der Waals surface area contributed by atoms with E-state index in [1.165, 1.54) is 36.7 Å². The number of hydrogen-bond donors (Lipinski definition) is 3.